The number of aromatic amines is 1. The molecular weight excluding hydrogens is 384 g/mol. The van der Waals surface area contributed by atoms with Crippen LogP contribution in [0.3, 0.4) is 0 Å². The maximum absolute atomic E-state index is 12.7. The third-order valence-corrected chi connectivity index (χ3v) is 6.06. The number of fused-ring (bicyclic) bond motifs is 1. The predicted molar refractivity (Wildman–Crippen MR) is 124 cm³/mol. The minimum absolute atomic E-state index is 0.0120. The molecule has 4 aromatic rings. The number of ether oxygens (including phenoxy) is 1. The van der Waals surface area contributed by atoms with E-state index in [9.17, 15) is 4.79 Å². The van der Waals surface area contributed by atoms with E-state index in [-0.39, 0.29) is 17.9 Å². The Morgan fingerprint density at radius 3 is 2.42 bits per heavy atom. The van der Waals surface area contributed by atoms with Gasteiger partial charge < -0.3 is 15.0 Å². The van der Waals surface area contributed by atoms with Gasteiger partial charge in [-0.15, -0.1) is 0 Å². The van der Waals surface area contributed by atoms with Crippen molar-refractivity contribution >= 4 is 16.8 Å². The number of amides is 1. The van der Waals surface area contributed by atoms with E-state index in [1.165, 1.54) is 16.5 Å². The molecular formula is C27H26N2O2. The summed E-state index contributed by atoms with van der Waals surface area (Å²) < 4.78 is 5.59. The van der Waals surface area contributed by atoms with Crippen molar-refractivity contribution in [2.24, 2.45) is 0 Å². The SMILES string of the molecule is O=C(NC[C@H](c1ccccc1)c1c(-c2ccccc2)[nH]c2ccccc12)[C@@H]1CCCO1. The molecule has 2 N–H and O–H groups in total. The Kier molecular flexibility index (Phi) is 5.55. The van der Waals surface area contributed by atoms with Crippen LogP contribution in [0, 0.1) is 0 Å². The highest BCUT2D eigenvalue weighted by atomic mass is 16.5. The number of para-hydroxylation sites is 1. The molecule has 0 unspecified atom stereocenters. The number of carbonyl (C=O) groups excluding carboxylic acids is 1. The summed E-state index contributed by atoms with van der Waals surface area (Å²) in [4.78, 5) is 16.4. The Bertz CT molecular complexity index is 1160. The number of rotatable bonds is 6. The zero-order valence-electron chi connectivity index (χ0n) is 17.4. The molecule has 4 nitrogen and oxygen atoms in total. The summed E-state index contributed by atoms with van der Waals surface area (Å²) in [5, 5.41) is 4.36. The van der Waals surface area contributed by atoms with Crippen LogP contribution in [0.5, 0.6) is 0 Å². The van der Waals surface area contributed by atoms with Gasteiger partial charge in [0.25, 0.3) is 0 Å². The third-order valence-electron chi connectivity index (χ3n) is 6.06. The molecule has 0 radical (unpaired) electrons. The Morgan fingerprint density at radius 2 is 1.68 bits per heavy atom. The minimum Gasteiger partial charge on any atom is -0.368 e. The predicted octanol–water partition coefficient (Wildman–Crippen LogP) is 5.26. The molecule has 1 fully saturated rings. The lowest BCUT2D eigenvalue weighted by atomic mass is 9.87. The van der Waals surface area contributed by atoms with Crippen LogP contribution in [-0.2, 0) is 9.53 Å². The molecule has 1 amide bonds. The first-order chi connectivity index (χ1) is 15.3. The maximum Gasteiger partial charge on any atom is 0.249 e. The van der Waals surface area contributed by atoms with Gasteiger partial charge in [0.05, 0.1) is 5.69 Å². The molecule has 1 saturated heterocycles. The number of benzene rings is 3. The molecule has 1 aliphatic heterocycles. The van der Waals surface area contributed by atoms with Crippen LogP contribution in [0.15, 0.2) is 84.9 Å². The van der Waals surface area contributed by atoms with Crippen molar-refractivity contribution in [1.82, 2.24) is 10.3 Å². The van der Waals surface area contributed by atoms with Crippen molar-refractivity contribution in [2.45, 2.75) is 24.9 Å². The second kappa shape index (κ2) is 8.78. The molecule has 5 rings (SSSR count). The van der Waals surface area contributed by atoms with Crippen LogP contribution in [-0.4, -0.2) is 30.1 Å². The van der Waals surface area contributed by atoms with E-state index in [2.05, 4.69) is 77.0 Å². The summed E-state index contributed by atoms with van der Waals surface area (Å²) in [6, 6.07) is 29.2. The van der Waals surface area contributed by atoms with Crippen molar-refractivity contribution in [3.05, 3.63) is 96.1 Å². The second-order valence-electron chi connectivity index (χ2n) is 8.04. The highest BCUT2D eigenvalue weighted by Crippen LogP contribution is 2.38. The van der Waals surface area contributed by atoms with Gasteiger partial charge in [0.1, 0.15) is 6.10 Å². The number of H-pyrrole nitrogens is 1. The summed E-state index contributed by atoms with van der Waals surface area (Å²) in [7, 11) is 0. The van der Waals surface area contributed by atoms with Crippen LogP contribution in [0.2, 0.25) is 0 Å². The van der Waals surface area contributed by atoms with E-state index < -0.39 is 0 Å². The van der Waals surface area contributed by atoms with Crippen molar-refractivity contribution in [2.75, 3.05) is 13.2 Å². The number of hydrogen-bond donors (Lipinski definition) is 2. The molecule has 4 heteroatoms. The van der Waals surface area contributed by atoms with Gasteiger partial charge in [-0.3, -0.25) is 4.79 Å². The summed E-state index contributed by atoms with van der Waals surface area (Å²) >= 11 is 0. The van der Waals surface area contributed by atoms with E-state index in [4.69, 9.17) is 4.74 Å². The summed E-state index contributed by atoms with van der Waals surface area (Å²) in [5.74, 6) is -0.00237. The Balaban J connectivity index is 1.59. The summed E-state index contributed by atoms with van der Waals surface area (Å²) in [5.41, 5.74) is 5.72. The van der Waals surface area contributed by atoms with E-state index in [0.29, 0.717) is 13.2 Å². The second-order valence-corrected chi connectivity index (χ2v) is 8.04. The lowest BCUT2D eigenvalue weighted by molar-refractivity contribution is -0.130. The Hall–Kier alpha value is -3.37. The van der Waals surface area contributed by atoms with Gasteiger partial charge in [0.2, 0.25) is 5.91 Å². The molecule has 0 aliphatic carbocycles. The van der Waals surface area contributed by atoms with Crippen LogP contribution >= 0.6 is 0 Å². The number of carbonyl (C=O) groups is 1. The lowest BCUT2D eigenvalue weighted by Crippen LogP contribution is -2.37. The largest absolute Gasteiger partial charge is 0.368 e. The van der Waals surface area contributed by atoms with Crippen LogP contribution in [0.4, 0.5) is 0 Å². The average molecular weight is 411 g/mol. The van der Waals surface area contributed by atoms with Gasteiger partial charge >= 0.3 is 0 Å². The summed E-state index contributed by atoms with van der Waals surface area (Å²) in [6.45, 7) is 1.19. The lowest BCUT2D eigenvalue weighted by Gasteiger charge is -2.21. The average Bonchev–Trinajstić information content (AvgIpc) is 3.49. The standard InChI is InChI=1S/C27H26N2O2/c30-27(24-16-9-17-31-24)28-18-22(19-10-3-1-4-11-19)25-21-14-7-8-15-23(21)29-26(25)20-12-5-2-6-13-20/h1-8,10-15,22,24,29H,9,16-18H2,(H,28,30)/t22-,24+/m1/s1. The quantitative estimate of drug-likeness (QED) is 0.455. The Labute approximate surface area is 182 Å². The molecule has 0 saturated carbocycles. The van der Waals surface area contributed by atoms with Crippen LogP contribution in [0.1, 0.15) is 29.9 Å². The zero-order valence-corrected chi connectivity index (χ0v) is 17.4. The molecule has 0 spiro atoms. The minimum atomic E-state index is -0.326. The number of aromatic nitrogens is 1. The normalized spacial score (nSPS) is 17.0. The monoisotopic (exact) mass is 410 g/mol. The first-order valence-electron chi connectivity index (χ1n) is 10.9. The highest BCUT2D eigenvalue weighted by molar-refractivity contribution is 5.92. The number of nitrogens with one attached hydrogen (secondary N) is 2. The molecule has 31 heavy (non-hydrogen) atoms. The zero-order chi connectivity index (χ0) is 21.0. The fourth-order valence-corrected chi connectivity index (χ4v) is 4.53. The molecule has 0 bridgehead atoms. The van der Waals surface area contributed by atoms with Crippen LogP contribution in [0.25, 0.3) is 22.2 Å². The highest BCUT2D eigenvalue weighted by Gasteiger charge is 2.27. The van der Waals surface area contributed by atoms with E-state index >= 15 is 0 Å². The van der Waals surface area contributed by atoms with Gasteiger partial charge in [0, 0.05) is 30.0 Å². The van der Waals surface area contributed by atoms with Crippen molar-refractivity contribution in [3.63, 3.8) is 0 Å². The third kappa shape index (κ3) is 3.99. The van der Waals surface area contributed by atoms with E-state index in [1.807, 2.05) is 18.2 Å². The number of hydrogen-bond acceptors (Lipinski definition) is 2. The molecule has 2 atom stereocenters. The molecule has 3 aromatic carbocycles. The molecule has 2 heterocycles. The van der Waals surface area contributed by atoms with Gasteiger partial charge in [-0.25, -0.2) is 0 Å². The van der Waals surface area contributed by atoms with Crippen molar-refractivity contribution in [3.8, 4) is 11.3 Å². The topological polar surface area (TPSA) is 54.1 Å². The smallest absolute Gasteiger partial charge is 0.249 e. The first kappa shape index (κ1) is 19.6. The van der Waals surface area contributed by atoms with Gasteiger partial charge in [0.15, 0.2) is 0 Å². The van der Waals surface area contributed by atoms with Crippen molar-refractivity contribution in [1.29, 1.82) is 0 Å². The molecule has 1 aromatic heterocycles. The van der Waals surface area contributed by atoms with Crippen LogP contribution < -0.4 is 5.32 Å². The van der Waals surface area contributed by atoms with Gasteiger partial charge in [-0.2, -0.15) is 0 Å². The van der Waals surface area contributed by atoms with Gasteiger partial charge in [-0.1, -0.05) is 78.9 Å². The molecule has 1 aliphatic rings. The fraction of sp³-hybridized carbons (Fsp3) is 0.222. The first-order valence-corrected chi connectivity index (χ1v) is 10.9. The fourth-order valence-electron chi connectivity index (χ4n) is 4.53. The Morgan fingerprint density at radius 1 is 0.968 bits per heavy atom. The summed E-state index contributed by atoms with van der Waals surface area (Å²) in [6.07, 6.45) is 1.42. The van der Waals surface area contributed by atoms with E-state index in [0.717, 1.165) is 29.6 Å². The van der Waals surface area contributed by atoms with E-state index in [1.54, 1.807) is 0 Å². The molecule has 156 valence electrons. The van der Waals surface area contributed by atoms with Crippen molar-refractivity contribution < 1.29 is 9.53 Å². The maximum atomic E-state index is 12.7. The van der Waals surface area contributed by atoms with Gasteiger partial charge in [-0.05, 0) is 35.6 Å².